The highest BCUT2D eigenvalue weighted by atomic mass is 19.1. The number of hydrogen-bond acceptors (Lipinski definition) is 3. The van der Waals surface area contributed by atoms with Crippen LogP contribution < -0.4 is 5.32 Å². The van der Waals surface area contributed by atoms with Crippen molar-refractivity contribution in [2.24, 2.45) is 5.92 Å². The molecule has 3 rings (SSSR count). The second kappa shape index (κ2) is 5.85. The maximum absolute atomic E-state index is 13.7. The standard InChI is InChI=1S/C16H19FN2O/c17-14-7-6-12(16-13(14)4-2-8-19-16)10-18-9-11-3-1-5-15(11)20/h2,4,6-8,11,15,18,20H,1,3,5,9-10H2. The Morgan fingerprint density at radius 2 is 2.20 bits per heavy atom. The van der Waals surface area contributed by atoms with Crippen LogP contribution in [0.2, 0.25) is 0 Å². The van der Waals surface area contributed by atoms with Gasteiger partial charge in [-0.05, 0) is 42.5 Å². The summed E-state index contributed by atoms with van der Waals surface area (Å²) >= 11 is 0. The van der Waals surface area contributed by atoms with E-state index < -0.39 is 0 Å². The molecule has 0 amide bonds. The smallest absolute Gasteiger partial charge is 0.132 e. The van der Waals surface area contributed by atoms with Crippen molar-refractivity contribution in [2.45, 2.75) is 31.9 Å². The molecule has 20 heavy (non-hydrogen) atoms. The van der Waals surface area contributed by atoms with Crippen molar-refractivity contribution < 1.29 is 9.50 Å². The molecule has 1 fully saturated rings. The fraction of sp³-hybridized carbons (Fsp3) is 0.438. The zero-order chi connectivity index (χ0) is 13.9. The third-order valence-corrected chi connectivity index (χ3v) is 4.14. The number of aromatic nitrogens is 1. The first-order chi connectivity index (χ1) is 9.75. The summed E-state index contributed by atoms with van der Waals surface area (Å²) in [7, 11) is 0. The van der Waals surface area contributed by atoms with E-state index >= 15 is 0 Å². The van der Waals surface area contributed by atoms with Crippen LogP contribution in [0.15, 0.2) is 30.5 Å². The molecule has 0 aliphatic heterocycles. The molecule has 4 heteroatoms. The molecule has 2 atom stereocenters. The van der Waals surface area contributed by atoms with E-state index in [1.165, 1.54) is 6.07 Å². The maximum Gasteiger partial charge on any atom is 0.132 e. The molecule has 2 aromatic rings. The van der Waals surface area contributed by atoms with Gasteiger partial charge in [0.25, 0.3) is 0 Å². The third kappa shape index (κ3) is 2.67. The number of pyridine rings is 1. The van der Waals surface area contributed by atoms with E-state index in [4.69, 9.17) is 0 Å². The van der Waals surface area contributed by atoms with Crippen LogP contribution in [0.5, 0.6) is 0 Å². The van der Waals surface area contributed by atoms with Crippen molar-refractivity contribution in [3.8, 4) is 0 Å². The van der Waals surface area contributed by atoms with Gasteiger partial charge in [0.05, 0.1) is 11.6 Å². The number of aliphatic hydroxyl groups excluding tert-OH is 1. The van der Waals surface area contributed by atoms with Crippen molar-refractivity contribution in [2.75, 3.05) is 6.54 Å². The van der Waals surface area contributed by atoms with Crippen LogP contribution in [0.25, 0.3) is 10.9 Å². The van der Waals surface area contributed by atoms with Gasteiger partial charge < -0.3 is 10.4 Å². The molecule has 0 spiro atoms. The van der Waals surface area contributed by atoms with Gasteiger partial charge in [-0.25, -0.2) is 4.39 Å². The topological polar surface area (TPSA) is 45.1 Å². The van der Waals surface area contributed by atoms with Crippen LogP contribution in [0.1, 0.15) is 24.8 Å². The van der Waals surface area contributed by atoms with E-state index in [9.17, 15) is 9.50 Å². The van der Waals surface area contributed by atoms with Crippen LogP contribution in [0.3, 0.4) is 0 Å². The molecule has 1 heterocycles. The number of benzene rings is 1. The summed E-state index contributed by atoms with van der Waals surface area (Å²) in [6.07, 6.45) is 4.61. The fourth-order valence-electron chi connectivity index (χ4n) is 2.99. The Labute approximate surface area is 117 Å². The Hall–Kier alpha value is -1.52. The molecular weight excluding hydrogens is 255 g/mol. The highest BCUT2D eigenvalue weighted by Crippen LogP contribution is 2.25. The van der Waals surface area contributed by atoms with Crippen molar-refractivity contribution in [1.82, 2.24) is 10.3 Å². The van der Waals surface area contributed by atoms with Gasteiger partial charge in [0.2, 0.25) is 0 Å². The molecule has 1 aromatic carbocycles. The molecule has 2 unspecified atom stereocenters. The number of nitrogens with zero attached hydrogens (tertiary/aromatic N) is 1. The van der Waals surface area contributed by atoms with E-state index in [2.05, 4.69) is 10.3 Å². The van der Waals surface area contributed by atoms with E-state index in [0.717, 1.165) is 31.4 Å². The fourth-order valence-corrected chi connectivity index (χ4v) is 2.99. The lowest BCUT2D eigenvalue weighted by Gasteiger charge is -2.15. The largest absolute Gasteiger partial charge is 0.393 e. The van der Waals surface area contributed by atoms with E-state index in [1.54, 1.807) is 24.4 Å². The lowest BCUT2D eigenvalue weighted by molar-refractivity contribution is 0.131. The second-order valence-electron chi connectivity index (χ2n) is 5.50. The summed E-state index contributed by atoms with van der Waals surface area (Å²) in [5, 5.41) is 13.7. The molecule has 0 bridgehead atoms. The highest BCUT2D eigenvalue weighted by Gasteiger charge is 2.24. The lowest BCUT2D eigenvalue weighted by Crippen LogP contribution is -2.27. The molecule has 2 N–H and O–H groups in total. The molecule has 0 saturated heterocycles. The number of halogens is 1. The average Bonchev–Trinajstić information content (AvgIpc) is 2.87. The summed E-state index contributed by atoms with van der Waals surface area (Å²) < 4.78 is 13.7. The first-order valence-electron chi connectivity index (χ1n) is 7.16. The van der Waals surface area contributed by atoms with Gasteiger partial charge in [0.15, 0.2) is 0 Å². The maximum atomic E-state index is 13.7. The molecule has 1 saturated carbocycles. The molecule has 106 valence electrons. The first kappa shape index (κ1) is 13.5. The van der Waals surface area contributed by atoms with Gasteiger partial charge in [-0.2, -0.15) is 0 Å². The Kier molecular flexibility index (Phi) is 3.94. The Bertz CT molecular complexity index is 602. The summed E-state index contributed by atoms with van der Waals surface area (Å²) in [4.78, 5) is 4.28. The monoisotopic (exact) mass is 274 g/mol. The number of aliphatic hydroxyl groups is 1. The van der Waals surface area contributed by atoms with E-state index in [0.29, 0.717) is 23.4 Å². The lowest BCUT2D eigenvalue weighted by atomic mass is 10.1. The van der Waals surface area contributed by atoms with Gasteiger partial charge in [-0.1, -0.05) is 12.5 Å². The molecule has 1 aromatic heterocycles. The van der Waals surface area contributed by atoms with Gasteiger partial charge in [0.1, 0.15) is 5.82 Å². The van der Waals surface area contributed by atoms with Crippen LogP contribution >= 0.6 is 0 Å². The van der Waals surface area contributed by atoms with E-state index in [1.807, 2.05) is 0 Å². The Morgan fingerprint density at radius 3 is 3.00 bits per heavy atom. The van der Waals surface area contributed by atoms with Crippen LogP contribution in [-0.2, 0) is 6.54 Å². The minimum absolute atomic E-state index is 0.175. The third-order valence-electron chi connectivity index (χ3n) is 4.14. The minimum atomic E-state index is -0.233. The van der Waals surface area contributed by atoms with Crippen molar-refractivity contribution >= 4 is 10.9 Å². The summed E-state index contributed by atoms with van der Waals surface area (Å²) in [6, 6.07) is 6.77. The van der Waals surface area contributed by atoms with Crippen LogP contribution in [0, 0.1) is 11.7 Å². The van der Waals surface area contributed by atoms with Crippen LogP contribution in [0.4, 0.5) is 4.39 Å². The molecule has 0 radical (unpaired) electrons. The molecule has 1 aliphatic carbocycles. The number of fused-ring (bicyclic) bond motifs is 1. The SMILES string of the molecule is OC1CCCC1CNCc1ccc(F)c2cccnc12. The number of nitrogens with one attached hydrogen (secondary N) is 1. The van der Waals surface area contributed by atoms with Crippen LogP contribution in [-0.4, -0.2) is 22.7 Å². The predicted octanol–water partition coefficient (Wildman–Crippen LogP) is 2.62. The molecule has 1 aliphatic rings. The van der Waals surface area contributed by atoms with Gasteiger partial charge in [0, 0.05) is 24.7 Å². The highest BCUT2D eigenvalue weighted by molar-refractivity contribution is 5.82. The average molecular weight is 274 g/mol. The van der Waals surface area contributed by atoms with Gasteiger partial charge >= 0.3 is 0 Å². The number of hydrogen-bond donors (Lipinski definition) is 2. The van der Waals surface area contributed by atoms with Crippen molar-refractivity contribution in [3.05, 3.63) is 41.8 Å². The zero-order valence-corrected chi connectivity index (χ0v) is 11.3. The van der Waals surface area contributed by atoms with E-state index in [-0.39, 0.29) is 11.9 Å². The summed E-state index contributed by atoms with van der Waals surface area (Å²) in [5.41, 5.74) is 1.71. The number of rotatable bonds is 4. The minimum Gasteiger partial charge on any atom is -0.393 e. The Morgan fingerprint density at radius 1 is 1.30 bits per heavy atom. The summed E-state index contributed by atoms with van der Waals surface area (Å²) in [5.74, 6) is 0.109. The quantitative estimate of drug-likeness (QED) is 0.901. The zero-order valence-electron chi connectivity index (χ0n) is 11.3. The molecule has 3 nitrogen and oxygen atoms in total. The normalized spacial score (nSPS) is 22.5. The first-order valence-corrected chi connectivity index (χ1v) is 7.16. The van der Waals surface area contributed by atoms with Crippen molar-refractivity contribution in [1.29, 1.82) is 0 Å². The molecular formula is C16H19FN2O. The Balaban J connectivity index is 1.70. The second-order valence-corrected chi connectivity index (χ2v) is 5.50. The summed E-state index contributed by atoms with van der Waals surface area (Å²) in [6.45, 7) is 1.45. The predicted molar refractivity (Wildman–Crippen MR) is 76.8 cm³/mol. The van der Waals surface area contributed by atoms with Gasteiger partial charge in [-0.3, -0.25) is 4.98 Å². The van der Waals surface area contributed by atoms with Crippen molar-refractivity contribution in [3.63, 3.8) is 0 Å². The van der Waals surface area contributed by atoms with Gasteiger partial charge in [-0.15, -0.1) is 0 Å².